The molecule has 0 aliphatic carbocycles. The zero-order chi connectivity index (χ0) is 22.4. The van der Waals surface area contributed by atoms with Crippen LogP contribution in [-0.2, 0) is 11.3 Å². The van der Waals surface area contributed by atoms with Gasteiger partial charge in [-0.2, -0.15) is 0 Å². The predicted octanol–water partition coefficient (Wildman–Crippen LogP) is 4.13. The fraction of sp³-hybridized carbons (Fsp3) is 0.520. The summed E-state index contributed by atoms with van der Waals surface area (Å²) in [5.41, 5.74) is 2.36. The lowest BCUT2D eigenvalue weighted by atomic mass is 10.0. The molecule has 3 rings (SSSR count). The molecule has 2 aromatic rings. The van der Waals surface area contributed by atoms with Crippen molar-refractivity contribution in [2.24, 2.45) is 0 Å². The Hall–Kier alpha value is -2.28. The summed E-state index contributed by atoms with van der Waals surface area (Å²) in [7, 11) is 3.30. The molecule has 1 N–H and O–H groups in total. The number of aliphatic hydroxyl groups is 1. The van der Waals surface area contributed by atoms with Crippen molar-refractivity contribution in [1.29, 1.82) is 0 Å². The van der Waals surface area contributed by atoms with E-state index in [-0.39, 0.29) is 6.10 Å². The van der Waals surface area contributed by atoms with Crippen LogP contribution in [0, 0.1) is 0 Å². The molecule has 1 saturated heterocycles. The number of methoxy groups -OCH3 is 2. The van der Waals surface area contributed by atoms with E-state index in [9.17, 15) is 5.11 Å². The molecule has 1 heterocycles. The number of nitrogens with zero attached hydrogens (tertiary/aromatic N) is 1. The summed E-state index contributed by atoms with van der Waals surface area (Å²) in [4.78, 5) is 2.39. The van der Waals surface area contributed by atoms with Crippen molar-refractivity contribution in [2.45, 2.75) is 45.4 Å². The Morgan fingerprint density at radius 3 is 2.61 bits per heavy atom. The minimum Gasteiger partial charge on any atom is -0.493 e. The topological polar surface area (TPSA) is 60.4 Å². The fourth-order valence-electron chi connectivity index (χ4n) is 3.81. The molecule has 1 aliphatic heterocycles. The van der Waals surface area contributed by atoms with Crippen LogP contribution >= 0.6 is 0 Å². The zero-order valence-electron chi connectivity index (χ0n) is 19.3. The second-order valence-electron chi connectivity index (χ2n) is 8.69. The highest BCUT2D eigenvalue weighted by atomic mass is 16.5. The molecule has 0 spiro atoms. The van der Waals surface area contributed by atoms with E-state index in [1.54, 1.807) is 28.1 Å². The van der Waals surface area contributed by atoms with E-state index in [1.165, 1.54) is 0 Å². The molecule has 1 atom stereocenters. The van der Waals surface area contributed by atoms with Crippen LogP contribution in [-0.4, -0.2) is 62.2 Å². The summed E-state index contributed by atoms with van der Waals surface area (Å²) in [6.45, 7) is 9.43. The van der Waals surface area contributed by atoms with Crippen molar-refractivity contribution < 1.29 is 24.1 Å². The molecule has 0 aromatic heterocycles. The van der Waals surface area contributed by atoms with Crippen molar-refractivity contribution in [1.82, 2.24) is 4.90 Å². The molecule has 0 saturated carbocycles. The lowest BCUT2D eigenvalue weighted by Gasteiger charge is -2.31. The quantitative estimate of drug-likeness (QED) is 0.647. The summed E-state index contributed by atoms with van der Waals surface area (Å²) in [6, 6.07) is 12.1. The maximum Gasteiger partial charge on any atom is 0.168 e. The third-order valence-corrected chi connectivity index (χ3v) is 5.47. The van der Waals surface area contributed by atoms with Gasteiger partial charge in [-0.3, -0.25) is 4.90 Å². The molecule has 1 aliphatic rings. The third-order valence-electron chi connectivity index (χ3n) is 5.47. The van der Waals surface area contributed by atoms with E-state index in [0.29, 0.717) is 24.5 Å². The first-order chi connectivity index (χ1) is 14.8. The second-order valence-corrected chi connectivity index (χ2v) is 8.69. The number of hydrogen-bond acceptors (Lipinski definition) is 6. The summed E-state index contributed by atoms with van der Waals surface area (Å²) < 4.78 is 22.9. The van der Waals surface area contributed by atoms with Crippen LogP contribution in [0.2, 0.25) is 0 Å². The van der Waals surface area contributed by atoms with Gasteiger partial charge in [0.25, 0.3) is 0 Å². The first-order valence-corrected chi connectivity index (χ1v) is 10.8. The minimum absolute atomic E-state index is 0.218. The number of rotatable bonds is 9. The Morgan fingerprint density at radius 2 is 1.94 bits per heavy atom. The Morgan fingerprint density at radius 1 is 1.13 bits per heavy atom. The first-order valence-electron chi connectivity index (χ1n) is 10.8. The number of para-hydroxylation sites is 1. The van der Waals surface area contributed by atoms with Crippen LogP contribution < -0.4 is 14.2 Å². The zero-order valence-corrected chi connectivity index (χ0v) is 19.3. The largest absolute Gasteiger partial charge is 0.493 e. The summed E-state index contributed by atoms with van der Waals surface area (Å²) in [5.74, 6) is 2.26. The van der Waals surface area contributed by atoms with E-state index in [4.69, 9.17) is 18.9 Å². The lowest BCUT2D eigenvalue weighted by Crippen LogP contribution is -2.40. The van der Waals surface area contributed by atoms with Gasteiger partial charge in [0.2, 0.25) is 0 Å². The second kappa shape index (κ2) is 10.4. The molecule has 2 aromatic carbocycles. The van der Waals surface area contributed by atoms with Gasteiger partial charge in [0, 0.05) is 37.2 Å². The van der Waals surface area contributed by atoms with Crippen LogP contribution in [0.15, 0.2) is 36.4 Å². The van der Waals surface area contributed by atoms with E-state index < -0.39 is 5.60 Å². The molecule has 0 radical (unpaired) electrons. The standard InChI is InChI=1S/C25H35NO5/c1-18-16-26(12-14-30-18)17-20-15-19(9-10-22(20)31-13-11-25(2,3)27)21-7-6-8-23(28-4)24(21)29-5/h6-10,15,18,27H,11-14,16-17H2,1-5H3. The Kier molecular flexibility index (Phi) is 7.81. The Labute approximate surface area is 185 Å². The molecule has 1 unspecified atom stereocenters. The maximum absolute atomic E-state index is 10.0. The van der Waals surface area contributed by atoms with Gasteiger partial charge in [-0.05, 0) is 44.5 Å². The van der Waals surface area contributed by atoms with Gasteiger partial charge in [0.05, 0.1) is 39.1 Å². The van der Waals surface area contributed by atoms with Crippen molar-refractivity contribution in [2.75, 3.05) is 40.5 Å². The number of morpholine rings is 1. The van der Waals surface area contributed by atoms with E-state index in [2.05, 4.69) is 17.9 Å². The molecule has 6 heteroatoms. The number of benzene rings is 2. The minimum atomic E-state index is -0.756. The van der Waals surface area contributed by atoms with Crippen molar-refractivity contribution in [3.63, 3.8) is 0 Å². The highest BCUT2D eigenvalue weighted by molar-refractivity contribution is 5.75. The van der Waals surface area contributed by atoms with Crippen LogP contribution in [0.1, 0.15) is 32.8 Å². The van der Waals surface area contributed by atoms with Crippen molar-refractivity contribution in [3.8, 4) is 28.4 Å². The monoisotopic (exact) mass is 429 g/mol. The van der Waals surface area contributed by atoms with Crippen LogP contribution in [0.5, 0.6) is 17.2 Å². The third kappa shape index (κ3) is 6.35. The summed E-state index contributed by atoms with van der Waals surface area (Å²) in [5, 5.41) is 10.0. The van der Waals surface area contributed by atoms with E-state index >= 15 is 0 Å². The summed E-state index contributed by atoms with van der Waals surface area (Å²) in [6.07, 6.45) is 0.780. The SMILES string of the molecule is COc1cccc(-c2ccc(OCCC(C)(C)O)c(CN3CCOC(C)C3)c2)c1OC. The Bertz CT molecular complexity index is 861. The van der Waals surface area contributed by atoms with Gasteiger partial charge in [-0.1, -0.05) is 18.2 Å². The van der Waals surface area contributed by atoms with Gasteiger partial charge < -0.3 is 24.1 Å². The van der Waals surface area contributed by atoms with Gasteiger partial charge in [0.15, 0.2) is 11.5 Å². The first kappa shape index (κ1) is 23.4. The molecule has 1 fully saturated rings. The number of hydrogen-bond donors (Lipinski definition) is 1. The van der Waals surface area contributed by atoms with Gasteiger partial charge in [0.1, 0.15) is 5.75 Å². The maximum atomic E-state index is 10.0. The van der Waals surface area contributed by atoms with E-state index in [0.717, 1.165) is 48.7 Å². The molecule has 31 heavy (non-hydrogen) atoms. The van der Waals surface area contributed by atoms with Gasteiger partial charge >= 0.3 is 0 Å². The van der Waals surface area contributed by atoms with Crippen molar-refractivity contribution in [3.05, 3.63) is 42.0 Å². The molecule has 170 valence electrons. The van der Waals surface area contributed by atoms with Crippen LogP contribution in [0.3, 0.4) is 0 Å². The van der Waals surface area contributed by atoms with Gasteiger partial charge in [-0.15, -0.1) is 0 Å². The molecule has 0 amide bonds. The molecule has 6 nitrogen and oxygen atoms in total. The van der Waals surface area contributed by atoms with E-state index in [1.807, 2.05) is 30.3 Å². The fourth-order valence-corrected chi connectivity index (χ4v) is 3.81. The van der Waals surface area contributed by atoms with Crippen LogP contribution in [0.4, 0.5) is 0 Å². The Balaban J connectivity index is 1.92. The molecular weight excluding hydrogens is 394 g/mol. The average Bonchev–Trinajstić information content (AvgIpc) is 2.73. The smallest absolute Gasteiger partial charge is 0.168 e. The highest BCUT2D eigenvalue weighted by Crippen LogP contribution is 2.39. The average molecular weight is 430 g/mol. The highest BCUT2D eigenvalue weighted by Gasteiger charge is 2.20. The summed E-state index contributed by atoms with van der Waals surface area (Å²) >= 11 is 0. The number of ether oxygens (including phenoxy) is 4. The van der Waals surface area contributed by atoms with Crippen molar-refractivity contribution >= 4 is 0 Å². The van der Waals surface area contributed by atoms with Crippen LogP contribution in [0.25, 0.3) is 11.1 Å². The lowest BCUT2D eigenvalue weighted by molar-refractivity contribution is -0.0215. The molecular formula is C25H35NO5. The van der Waals surface area contributed by atoms with Gasteiger partial charge in [-0.25, -0.2) is 0 Å². The molecule has 0 bridgehead atoms. The normalized spacial score (nSPS) is 17.4. The predicted molar refractivity (Wildman–Crippen MR) is 122 cm³/mol.